The van der Waals surface area contributed by atoms with Gasteiger partial charge in [-0.05, 0) is 45.2 Å². The van der Waals surface area contributed by atoms with Crippen LogP contribution in [0.3, 0.4) is 0 Å². The highest BCUT2D eigenvalue weighted by Gasteiger charge is 2.37. The Balaban J connectivity index is 1.20. The molecule has 2 aliphatic rings. The van der Waals surface area contributed by atoms with Gasteiger partial charge in [0.2, 0.25) is 5.91 Å². The first-order chi connectivity index (χ1) is 15.3. The first-order valence-corrected chi connectivity index (χ1v) is 13.6. The minimum absolute atomic E-state index is 0.111. The Kier molecular flexibility index (Phi) is 7.46. The zero-order valence-corrected chi connectivity index (χ0v) is 20.4. The number of morpholine rings is 1. The fraction of sp³-hybridized carbons (Fsp3) is 0.636. The number of aromatic nitrogens is 1. The van der Waals surface area contributed by atoms with Crippen LogP contribution >= 0.6 is 11.3 Å². The maximum atomic E-state index is 13.0. The molecule has 0 aliphatic carbocycles. The average Bonchev–Trinajstić information content (AvgIpc) is 3.19. The van der Waals surface area contributed by atoms with Crippen LogP contribution in [0.5, 0.6) is 0 Å². The second-order valence-electron chi connectivity index (χ2n) is 8.64. The second-order valence-corrected chi connectivity index (χ2v) is 11.7. The van der Waals surface area contributed by atoms with Crippen LogP contribution in [0.1, 0.15) is 38.1 Å². The molecule has 4 rings (SSSR count). The number of aryl methyl sites for hydroxylation is 1. The van der Waals surface area contributed by atoms with Gasteiger partial charge in [-0.15, -0.1) is 11.3 Å². The Hall–Kier alpha value is -1.59. The number of carbonyl (C=O) groups excluding carboxylic acids is 1. The molecular weight excluding hydrogens is 448 g/mol. The van der Waals surface area contributed by atoms with E-state index >= 15 is 0 Å². The highest BCUT2D eigenvalue weighted by molar-refractivity contribution is 7.86. The fourth-order valence-electron chi connectivity index (χ4n) is 4.39. The highest BCUT2D eigenvalue weighted by atomic mass is 32.2. The fourth-order valence-corrected chi connectivity index (χ4v) is 7.15. The molecular formula is C22H32N4O4S2. The van der Waals surface area contributed by atoms with Crippen LogP contribution < -0.4 is 0 Å². The largest absolute Gasteiger partial charge is 0.373 e. The van der Waals surface area contributed by atoms with Crippen LogP contribution in [-0.4, -0.2) is 84.3 Å². The van der Waals surface area contributed by atoms with Crippen molar-refractivity contribution in [2.24, 2.45) is 0 Å². The van der Waals surface area contributed by atoms with Crippen LogP contribution in [0.4, 0.5) is 0 Å². The molecule has 1 amide bonds. The van der Waals surface area contributed by atoms with Gasteiger partial charge >= 0.3 is 0 Å². The van der Waals surface area contributed by atoms with Gasteiger partial charge in [-0.1, -0.05) is 12.1 Å². The molecule has 2 atom stereocenters. The lowest BCUT2D eigenvalue weighted by molar-refractivity contribution is -0.132. The third-order valence-corrected chi connectivity index (χ3v) is 9.06. The molecule has 10 heteroatoms. The van der Waals surface area contributed by atoms with E-state index in [1.54, 1.807) is 16.2 Å². The molecule has 2 aromatic rings. The number of para-hydroxylation sites is 1. The number of ether oxygens (including phenoxy) is 1. The zero-order chi connectivity index (χ0) is 22.7. The number of thiazole rings is 1. The summed E-state index contributed by atoms with van der Waals surface area (Å²) >= 11 is 1.72. The first-order valence-electron chi connectivity index (χ1n) is 11.4. The van der Waals surface area contributed by atoms with E-state index in [0.717, 1.165) is 29.8 Å². The number of benzene rings is 1. The van der Waals surface area contributed by atoms with E-state index in [-0.39, 0.29) is 18.1 Å². The molecule has 2 fully saturated rings. The molecule has 1 aromatic carbocycles. The summed E-state index contributed by atoms with van der Waals surface area (Å²) < 4.78 is 35.9. The van der Waals surface area contributed by atoms with Crippen molar-refractivity contribution in [1.29, 1.82) is 0 Å². The summed E-state index contributed by atoms with van der Waals surface area (Å²) in [5.41, 5.74) is 1.04. The van der Waals surface area contributed by atoms with Gasteiger partial charge in [0.25, 0.3) is 10.2 Å². The van der Waals surface area contributed by atoms with Crippen LogP contribution in [0.2, 0.25) is 0 Å². The number of carbonyl (C=O) groups is 1. The highest BCUT2D eigenvalue weighted by Crippen LogP contribution is 2.23. The minimum Gasteiger partial charge on any atom is -0.373 e. The predicted molar refractivity (Wildman–Crippen MR) is 126 cm³/mol. The molecule has 0 spiro atoms. The van der Waals surface area contributed by atoms with E-state index in [1.165, 1.54) is 13.3 Å². The maximum absolute atomic E-state index is 13.0. The molecule has 2 aliphatic heterocycles. The van der Waals surface area contributed by atoms with E-state index in [1.807, 2.05) is 32.0 Å². The lowest BCUT2D eigenvalue weighted by Gasteiger charge is -2.40. The van der Waals surface area contributed by atoms with Crippen LogP contribution in [0.15, 0.2) is 24.3 Å². The summed E-state index contributed by atoms with van der Waals surface area (Å²) in [5, 5.41) is 1.12. The maximum Gasteiger partial charge on any atom is 0.282 e. The smallest absolute Gasteiger partial charge is 0.282 e. The molecule has 0 saturated carbocycles. The molecule has 32 heavy (non-hydrogen) atoms. The quantitative estimate of drug-likeness (QED) is 0.569. The van der Waals surface area contributed by atoms with Gasteiger partial charge in [-0.3, -0.25) is 4.79 Å². The van der Waals surface area contributed by atoms with E-state index in [9.17, 15) is 13.2 Å². The summed E-state index contributed by atoms with van der Waals surface area (Å²) in [6, 6.07) is 8.13. The van der Waals surface area contributed by atoms with Crippen LogP contribution in [0, 0.1) is 0 Å². The zero-order valence-electron chi connectivity index (χ0n) is 18.8. The number of amides is 1. The number of unbranched alkanes of at least 4 members (excludes halogenated alkanes) is 1. The Bertz CT molecular complexity index is 990. The van der Waals surface area contributed by atoms with Gasteiger partial charge in [-0.25, -0.2) is 4.98 Å². The van der Waals surface area contributed by atoms with Gasteiger partial charge < -0.3 is 9.64 Å². The third kappa shape index (κ3) is 5.48. The van der Waals surface area contributed by atoms with Gasteiger partial charge in [-0.2, -0.15) is 17.0 Å². The van der Waals surface area contributed by atoms with Crippen molar-refractivity contribution in [2.45, 2.75) is 51.7 Å². The SMILES string of the molecule is CC1CN(S(=O)(=O)N2CCN(C(=O)CCCCc3nc4ccccc4s3)CC2)CC(C)O1. The molecule has 176 valence electrons. The van der Waals surface area contributed by atoms with Crippen molar-refractivity contribution in [2.75, 3.05) is 39.3 Å². The Morgan fingerprint density at radius 2 is 1.75 bits per heavy atom. The van der Waals surface area contributed by atoms with Crippen LogP contribution in [-0.2, 0) is 26.2 Å². The summed E-state index contributed by atoms with van der Waals surface area (Å²) in [4.78, 5) is 19.1. The summed E-state index contributed by atoms with van der Waals surface area (Å²) in [6.07, 6.45) is 2.90. The minimum atomic E-state index is -3.52. The number of piperazine rings is 1. The number of rotatable bonds is 7. The number of hydrogen-bond donors (Lipinski definition) is 0. The topological polar surface area (TPSA) is 83.1 Å². The molecule has 2 unspecified atom stereocenters. The monoisotopic (exact) mass is 480 g/mol. The van der Waals surface area contributed by atoms with Crippen molar-refractivity contribution in [1.82, 2.24) is 18.5 Å². The van der Waals surface area contributed by atoms with Crippen molar-refractivity contribution >= 4 is 37.7 Å². The van der Waals surface area contributed by atoms with Gasteiger partial charge in [0.15, 0.2) is 0 Å². The van der Waals surface area contributed by atoms with Crippen molar-refractivity contribution in [3.05, 3.63) is 29.3 Å². The Labute approximate surface area is 194 Å². The summed E-state index contributed by atoms with van der Waals surface area (Å²) in [5.74, 6) is 0.111. The van der Waals surface area contributed by atoms with Crippen LogP contribution in [0.25, 0.3) is 10.2 Å². The lowest BCUT2D eigenvalue weighted by atomic mass is 10.1. The van der Waals surface area contributed by atoms with Gasteiger partial charge in [0.1, 0.15) is 0 Å². The number of fused-ring (bicyclic) bond motifs is 1. The lowest BCUT2D eigenvalue weighted by Crippen LogP contribution is -2.57. The second kappa shape index (κ2) is 10.1. The Morgan fingerprint density at radius 1 is 1.06 bits per heavy atom. The van der Waals surface area contributed by atoms with E-state index in [4.69, 9.17) is 4.74 Å². The predicted octanol–water partition coefficient (Wildman–Crippen LogP) is 2.51. The van der Waals surface area contributed by atoms with Gasteiger partial charge in [0, 0.05) is 45.7 Å². The molecule has 3 heterocycles. The molecule has 1 aromatic heterocycles. The standard InChI is InChI=1S/C22H32N4O4S2/c1-17-15-26(16-18(2)30-17)32(28,29)25-13-11-24(12-14-25)22(27)10-6-5-9-21-23-19-7-3-4-8-20(19)31-21/h3-4,7-8,17-18H,5-6,9-16H2,1-2H3. The van der Waals surface area contributed by atoms with Gasteiger partial charge in [0.05, 0.1) is 27.4 Å². The van der Waals surface area contributed by atoms with E-state index in [2.05, 4.69) is 11.1 Å². The normalized spacial score (nSPS) is 23.6. The van der Waals surface area contributed by atoms with Crippen molar-refractivity contribution < 1.29 is 17.9 Å². The number of nitrogens with zero attached hydrogens (tertiary/aromatic N) is 4. The first kappa shape index (κ1) is 23.6. The summed E-state index contributed by atoms with van der Waals surface area (Å²) in [6.45, 7) is 6.13. The molecule has 2 saturated heterocycles. The Morgan fingerprint density at radius 3 is 2.44 bits per heavy atom. The van der Waals surface area contributed by atoms with E-state index in [0.29, 0.717) is 45.7 Å². The third-order valence-electron chi connectivity index (χ3n) is 6.00. The van der Waals surface area contributed by atoms with E-state index < -0.39 is 10.2 Å². The molecule has 0 radical (unpaired) electrons. The molecule has 0 N–H and O–H groups in total. The summed E-state index contributed by atoms with van der Waals surface area (Å²) in [7, 11) is -3.52. The molecule has 8 nitrogen and oxygen atoms in total. The average molecular weight is 481 g/mol. The van der Waals surface area contributed by atoms with Crippen molar-refractivity contribution in [3.63, 3.8) is 0 Å². The van der Waals surface area contributed by atoms with Crippen molar-refractivity contribution in [3.8, 4) is 0 Å². The number of hydrogen-bond acceptors (Lipinski definition) is 6. The molecule has 0 bridgehead atoms.